The molecule has 2 heteroatoms. The fourth-order valence-electron chi connectivity index (χ4n) is 1.46. The molecule has 0 rings (SSSR count). The van der Waals surface area contributed by atoms with Gasteiger partial charge in [-0.3, -0.25) is 0 Å². The highest BCUT2D eigenvalue weighted by Gasteiger charge is 2.12. The van der Waals surface area contributed by atoms with Crippen molar-refractivity contribution in [2.24, 2.45) is 5.92 Å². The first-order chi connectivity index (χ1) is 6.13. The van der Waals surface area contributed by atoms with Gasteiger partial charge >= 0.3 is 0 Å². The van der Waals surface area contributed by atoms with Crippen LogP contribution in [-0.2, 0) is 0 Å². The third kappa shape index (κ3) is 6.05. The molecule has 0 aromatic heterocycles. The van der Waals surface area contributed by atoms with E-state index in [1.807, 2.05) is 6.92 Å². The van der Waals surface area contributed by atoms with Crippen LogP contribution in [0.1, 0.15) is 47.0 Å². The molecule has 0 fully saturated rings. The first-order valence-corrected chi connectivity index (χ1v) is 5.50. The molecule has 0 saturated carbocycles. The average Bonchev–Trinajstić information content (AvgIpc) is 2.16. The molecule has 0 bridgehead atoms. The molecule has 0 unspecified atom stereocenters. The summed E-state index contributed by atoms with van der Waals surface area (Å²) in [6.45, 7) is 8.97. The smallest absolute Gasteiger partial charge is 0.0582 e. The van der Waals surface area contributed by atoms with Gasteiger partial charge in [0.05, 0.1) is 6.61 Å². The highest BCUT2D eigenvalue weighted by molar-refractivity contribution is 4.71. The first kappa shape index (κ1) is 12.9. The molecule has 0 aromatic carbocycles. The van der Waals surface area contributed by atoms with E-state index in [1.165, 1.54) is 12.8 Å². The maximum absolute atomic E-state index is 8.91. The minimum absolute atomic E-state index is 0.231. The quantitative estimate of drug-likeness (QED) is 0.640. The zero-order valence-electron chi connectivity index (χ0n) is 9.51. The lowest BCUT2D eigenvalue weighted by molar-refractivity contribution is 0.231. The number of hydrogen-bond donors (Lipinski definition) is 2. The van der Waals surface area contributed by atoms with Crippen LogP contribution in [0, 0.1) is 5.92 Å². The van der Waals surface area contributed by atoms with E-state index in [1.54, 1.807) is 0 Å². The summed E-state index contributed by atoms with van der Waals surface area (Å²) in [4.78, 5) is 0. The monoisotopic (exact) mass is 187 g/mol. The van der Waals surface area contributed by atoms with Crippen molar-refractivity contribution in [1.82, 2.24) is 5.32 Å². The number of nitrogens with one attached hydrogen (secondary N) is 1. The Morgan fingerprint density at radius 3 is 2.15 bits per heavy atom. The lowest BCUT2D eigenvalue weighted by Crippen LogP contribution is -2.39. The van der Waals surface area contributed by atoms with Crippen molar-refractivity contribution >= 4 is 0 Å². The molecule has 0 heterocycles. The number of hydrogen-bond acceptors (Lipinski definition) is 2. The second kappa shape index (κ2) is 7.34. The predicted molar refractivity (Wildman–Crippen MR) is 57.8 cm³/mol. The molecule has 0 aliphatic rings. The molecule has 3 atom stereocenters. The van der Waals surface area contributed by atoms with Crippen LogP contribution in [0.4, 0.5) is 0 Å². The van der Waals surface area contributed by atoms with Crippen molar-refractivity contribution in [3.8, 4) is 0 Å². The van der Waals surface area contributed by atoms with Crippen molar-refractivity contribution in [2.45, 2.75) is 59.0 Å². The maximum atomic E-state index is 8.91. The van der Waals surface area contributed by atoms with Crippen LogP contribution in [0.5, 0.6) is 0 Å². The molecule has 80 valence electrons. The fourth-order valence-corrected chi connectivity index (χ4v) is 1.46. The number of aliphatic hydroxyl groups is 1. The van der Waals surface area contributed by atoms with Crippen LogP contribution < -0.4 is 5.32 Å². The summed E-state index contributed by atoms with van der Waals surface area (Å²) in [5.74, 6) is 0.781. The van der Waals surface area contributed by atoms with Gasteiger partial charge in [0.1, 0.15) is 0 Å². The van der Waals surface area contributed by atoms with Crippen LogP contribution in [0.3, 0.4) is 0 Å². The van der Waals surface area contributed by atoms with E-state index in [2.05, 4.69) is 26.1 Å². The van der Waals surface area contributed by atoms with E-state index in [9.17, 15) is 0 Å². The molecular formula is C11H25NO. The van der Waals surface area contributed by atoms with Crippen LogP contribution in [-0.4, -0.2) is 23.8 Å². The van der Waals surface area contributed by atoms with Crippen LogP contribution >= 0.6 is 0 Å². The summed E-state index contributed by atoms with van der Waals surface area (Å²) in [5, 5.41) is 12.3. The lowest BCUT2D eigenvalue weighted by atomic mass is 9.97. The minimum atomic E-state index is 0.231. The Kier molecular flexibility index (Phi) is 7.29. The van der Waals surface area contributed by atoms with Gasteiger partial charge in [0.15, 0.2) is 0 Å². The Labute approximate surface area is 82.7 Å². The van der Waals surface area contributed by atoms with Crippen molar-refractivity contribution in [2.75, 3.05) is 6.61 Å². The van der Waals surface area contributed by atoms with Crippen molar-refractivity contribution in [3.05, 3.63) is 0 Å². The molecule has 0 aliphatic heterocycles. The molecule has 0 spiro atoms. The van der Waals surface area contributed by atoms with Gasteiger partial charge in [0.25, 0.3) is 0 Å². The van der Waals surface area contributed by atoms with E-state index >= 15 is 0 Å². The van der Waals surface area contributed by atoms with E-state index in [0.29, 0.717) is 6.04 Å². The summed E-state index contributed by atoms with van der Waals surface area (Å²) in [5.41, 5.74) is 0. The van der Waals surface area contributed by atoms with Gasteiger partial charge in [-0.25, -0.2) is 0 Å². The van der Waals surface area contributed by atoms with Gasteiger partial charge in [0.2, 0.25) is 0 Å². The third-order valence-corrected chi connectivity index (χ3v) is 2.67. The standard InChI is InChI=1S/C11H25NO/c1-5-9(3)7-11(6-2)12-10(4)8-13/h9-13H,5-8H2,1-4H3/t9-,10-,11-/m0/s1. The Hall–Kier alpha value is -0.0800. The molecule has 13 heavy (non-hydrogen) atoms. The van der Waals surface area contributed by atoms with Gasteiger partial charge in [-0.05, 0) is 25.7 Å². The maximum Gasteiger partial charge on any atom is 0.0582 e. The topological polar surface area (TPSA) is 32.3 Å². The second-order valence-electron chi connectivity index (χ2n) is 4.10. The average molecular weight is 187 g/mol. The SMILES string of the molecule is CC[C@H](C)C[C@H](CC)N[C@@H](C)CO. The molecule has 2 nitrogen and oxygen atoms in total. The van der Waals surface area contributed by atoms with Crippen molar-refractivity contribution in [3.63, 3.8) is 0 Å². The highest BCUT2D eigenvalue weighted by Crippen LogP contribution is 2.12. The lowest BCUT2D eigenvalue weighted by Gasteiger charge is -2.23. The molecule has 0 radical (unpaired) electrons. The summed E-state index contributed by atoms with van der Waals surface area (Å²) >= 11 is 0. The highest BCUT2D eigenvalue weighted by atomic mass is 16.3. The molecule has 0 saturated heterocycles. The summed E-state index contributed by atoms with van der Waals surface area (Å²) in [6.07, 6.45) is 3.61. The van der Waals surface area contributed by atoms with E-state index in [-0.39, 0.29) is 12.6 Å². The summed E-state index contributed by atoms with van der Waals surface area (Å²) in [7, 11) is 0. The van der Waals surface area contributed by atoms with Gasteiger partial charge in [0, 0.05) is 12.1 Å². The fraction of sp³-hybridized carbons (Fsp3) is 1.00. The molecule has 0 aliphatic carbocycles. The molecule has 0 amide bonds. The van der Waals surface area contributed by atoms with Gasteiger partial charge in [-0.1, -0.05) is 27.2 Å². The predicted octanol–water partition coefficient (Wildman–Crippen LogP) is 2.17. The van der Waals surface area contributed by atoms with Gasteiger partial charge < -0.3 is 10.4 Å². The Morgan fingerprint density at radius 1 is 1.15 bits per heavy atom. The zero-order chi connectivity index (χ0) is 10.3. The zero-order valence-corrected chi connectivity index (χ0v) is 9.51. The second-order valence-corrected chi connectivity index (χ2v) is 4.10. The largest absolute Gasteiger partial charge is 0.395 e. The van der Waals surface area contributed by atoms with Crippen LogP contribution in [0.25, 0.3) is 0 Å². The molecular weight excluding hydrogens is 162 g/mol. The van der Waals surface area contributed by atoms with E-state index < -0.39 is 0 Å². The van der Waals surface area contributed by atoms with Gasteiger partial charge in [-0.2, -0.15) is 0 Å². The van der Waals surface area contributed by atoms with Crippen molar-refractivity contribution in [1.29, 1.82) is 0 Å². The van der Waals surface area contributed by atoms with Crippen LogP contribution in [0.2, 0.25) is 0 Å². The number of aliphatic hydroxyl groups excluding tert-OH is 1. The normalized spacial score (nSPS) is 18.2. The third-order valence-electron chi connectivity index (χ3n) is 2.67. The van der Waals surface area contributed by atoms with Crippen LogP contribution in [0.15, 0.2) is 0 Å². The minimum Gasteiger partial charge on any atom is -0.395 e. The Balaban J connectivity index is 3.74. The van der Waals surface area contributed by atoms with E-state index in [0.717, 1.165) is 12.3 Å². The summed E-state index contributed by atoms with van der Waals surface area (Å²) < 4.78 is 0. The molecule has 2 N–H and O–H groups in total. The number of rotatable bonds is 7. The summed E-state index contributed by atoms with van der Waals surface area (Å²) in [6, 6.07) is 0.797. The first-order valence-electron chi connectivity index (χ1n) is 5.50. The Bertz CT molecular complexity index is 105. The van der Waals surface area contributed by atoms with E-state index in [4.69, 9.17) is 5.11 Å². The van der Waals surface area contributed by atoms with Gasteiger partial charge in [-0.15, -0.1) is 0 Å². The Morgan fingerprint density at radius 2 is 1.77 bits per heavy atom. The molecule has 0 aromatic rings. The van der Waals surface area contributed by atoms with Crippen molar-refractivity contribution < 1.29 is 5.11 Å².